The average Bonchev–Trinajstić information content (AvgIpc) is 1.97. The molecule has 82 valence electrons. The molecule has 0 fully saturated rings. The minimum absolute atomic E-state index is 0.0972. The Morgan fingerprint density at radius 2 is 1.69 bits per heavy atom. The lowest BCUT2D eigenvalue weighted by Crippen LogP contribution is -2.10. The van der Waals surface area contributed by atoms with Crippen LogP contribution in [-0.2, 0) is 4.57 Å². The fraction of sp³-hybridized carbons (Fsp3) is 1.00. The van der Waals surface area contributed by atoms with Gasteiger partial charge in [-0.1, -0.05) is 19.8 Å². The minimum atomic E-state index is -4.64. The first kappa shape index (κ1) is 15.5. The van der Waals surface area contributed by atoms with E-state index in [2.05, 4.69) is 6.92 Å². The topological polar surface area (TPSA) is 118 Å². The van der Waals surface area contributed by atoms with Gasteiger partial charge in [0, 0.05) is 0 Å². The molecule has 0 aliphatic heterocycles. The number of phosphoric acid groups is 1. The largest absolute Gasteiger partial charge is 0.466 e. The summed E-state index contributed by atoms with van der Waals surface area (Å²) in [4.78, 5) is 21.6. The molecule has 0 heterocycles. The average molecular weight is 216 g/mol. The van der Waals surface area contributed by atoms with Gasteiger partial charge in [-0.3, -0.25) is 0 Å². The molecule has 0 aromatic heterocycles. The van der Waals surface area contributed by atoms with E-state index in [4.69, 9.17) is 29.5 Å². The van der Waals surface area contributed by atoms with Crippen LogP contribution in [-0.4, -0.2) is 37.6 Å². The van der Waals surface area contributed by atoms with Crippen molar-refractivity contribution >= 4 is 7.82 Å². The van der Waals surface area contributed by atoms with Crippen molar-refractivity contribution in [3.05, 3.63) is 0 Å². The molecule has 0 rings (SSSR count). The summed E-state index contributed by atoms with van der Waals surface area (Å²) in [6.45, 7) is 1.96. The summed E-state index contributed by atoms with van der Waals surface area (Å²) in [5.74, 6) is 0. The highest BCUT2D eigenvalue weighted by Crippen LogP contribution is 2.25. The van der Waals surface area contributed by atoms with Gasteiger partial charge in [-0.2, -0.15) is 0 Å². The van der Waals surface area contributed by atoms with Crippen LogP contribution in [0.2, 0.25) is 0 Å². The van der Waals surface area contributed by atoms with Crippen LogP contribution in [0.1, 0.15) is 26.2 Å². The van der Waals surface area contributed by atoms with Crippen molar-refractivity contribution in [2.75, 3.05) is 6.61 Å². The van der Waals surface area contributed by atoms with Crippen LogP contribution in [0.3, 0.4) is 0 Å². The molecule has 0 spiro atoms. The Bertz CT molecular complexity index is 136. The maximum Gasteiger partial charge on any atom is 0.466 e. The van der Waals surface area contributed by atoms with Gasteiger partial charge >= 0.3 is 7.82 Å². The maximum atomic E-state index is 8.88. The number of unbranched alkanes of at least 4 members (excludes halogenated alkanes) is 1. The van der Waals surface area contributed by atoms with E-state index in [0.717, 1.165) is 19.3 Å². The molecule has 0 aliphatic rings. The Morgan fingerprint density at radius 3 is 1.92 bits per heavy atom. The number of aliphatic hydroxyl groups is 2. The molecule has 1 unspecified atom stereocenters. The normalized spacial score (nSPS) is 13.1. The summed E-state index contributed by atoms with van der Waals surface area (Å²) in [5, 5.41) is 17.1. The Hall–Kier alpha value is 0.0300. The first-order valence-electron chi connectivity index (χ1n) is 3.88. The Balaban J connectivity index is 0. The lowest BCUT2D eigenvalue weighted by molar-refractivity contribution is 0.0865. The van der Waals surface area contributed by atoms with E-state index < -0.39 is 13.9 Å². The Labute approximate surface area is 77.1 Å². The smallest absolute Gasteiger partial charge is 0.394 e. The third-order valence-corrected chi connectivity index (χ3v) is 1.10. The minimum Gasteiger partial charge on any atom is -0.394 e. The van der Waals surface area contributed by atoms with Crippen molar-refractivity contribution in [3.63, 3.8) is 0 Å². The Kier molecular flexibility index (Phi) is 10.3. The van der Waals surface area contributed by atoms with E-state index in [1.807, 2.05) is 0 Å². The molecule has 0 aromatic carbocycles. The summed E-state index contributed by atoms with van der Waals surface area (Å²) in [6.07, 6.45) is 2.32. The molecule has 0 aliphatic carbocycles. The summed E-state index contributed by atoms with van der Waals surface area (Å²) in [7, 11) is -4.64. The van der Waals surface area contributed by atoms with Crippen molar-refractivity contribution in [1.82, 2.24) is 0 Å². The van der Waals surface area contributed by atoms with Crippen LogP contribution >= 0.6 is 7.82 Å². The second kappa shape index (κ2) is 8.62. The van der Waals surface area contributed by atoms with E-state index in [-0.39, 0.29) is 6.61 Å². The highest BCUT2D eigenvalue weighted by atomic mass is 31.2. The number of aliphatic hydroxyl groups excluding tert-OH is 2. The van der Waals surface area contributed by atoms with E-state index >= 15 is 0 Å². The summed E-state index contributed by atoms with van der Waals surface area (Å²) in [5.41, 5.74) is 0. The standard InChI is InChI=1S/C6H14O2.H3O4P/c1-2-3-4-6(8)5-7;1-5(2,3)4/h6-8H,2-5H2,1H3;(H3,1,2,3,4). The van der Waals surface area contributed by atoms with Crippen molar-refractivity contribution in [2.24, 2.45) is 0 Å². The zero-order valence-electron chi connectivity index (χ0n) is 7.50. The first-order valence-corrected chi connectivity index (χ1v) is 5.45. The highest BCUT2D eigenvalue weighted by molar-refractivity contribution is 7.45. The molecular formula is C6H17O6P. The second-order valence-electron chi connectivity index (χ2n) is 2.49. The van der Waals surface area contributed by atoms with Crippen LogP contribution < -0.4 is 0 Å². The number of hydrogen-bond acceptors (Lipinski definition) is 3. The molecule has 6 nitrogen and oxygen atoms in total. The van der Waals surface area contributed by atoms with Gasteiger partial charge in [0.1, 0.15) is 0 Å². The van der Waals surface area contributed by atoms with Crippen molar-refractivity contribution in [1.29, 1.82) is 0 Å². The number of rotatable bonds is 4. The van der Waals surface area contributed by atoms with E-state index in [0.29, 0.717) is 0 Å². The van der Waals surface area contributed by atoms with Gasteiger partial charge in [-0.25, -0.2) is 4.57 Å². The predicted octanol–water partition coefficient (Wildman–Crippen LogP) is -0.399. The van der Waals surface area contributed by atoms with Gasteiger partial charge in [0.2, 0.25) is 0 Å². The van der Waals surface area contributed by atoms with Crippen molar-refractivity contribution in [3.8, 4) is 0 Å². The monoisotopic (exact) mass is 216 g/mol. The van der Waals surface area contributed by atoms with Gasteiger partial charge in [0.05, 0.1) is 12.7 Å². The molecule has 0 radical (unpaired) electrons. The highest BCUT2D eigenvalue weighted by Gasteiger charge is 2.00. The maximum absolute atomic E-state index is 8.88. The van der Waals surface area contributed by atoms with Gasteiger partial charge in [0.15, 0.2) is 0 Å². The van der Waals surface area contributed by atoms with E-state index in [9.17, 15) is 0 Å². The van der Waals surface area contributed by atoms with Crippen LogP contribution in [0.25, 0.3) is 0 Å². The molecule has 0 aromatic rings. The lowest BCUT2D eigenvalue weighted by Gasteiger charge is -2.02. The molecule has 0 bridgehead atoms. The predicted molar refractivity (Wildman–Crippen MR) is 46.9 cm³/mol. The van der Waals surface area contributed by atoms with Gasteiger partial charge < -0.3 is 24.9 Å². The fourth-order valence-electron chi connectivity index (χ4n) is 0.531. The van der Waals surface area contributed by atoms with Crippen molar-refractivity contribution in [2.45, 2.75) is 32.3 Å². The zero-order valence-corrected chi connectivity index (χ0v) is 8.39. The molecule has 0 saturated carbocycles. The van der Waals surface area contributed by atoms with Crippen LogP contribution in [0.15, 0.2) is 0 Å². The van der Waals surface area contributed by atoms with Gasteiger partial charge in [0.25, 0.3) is 0 Å². The zero-order chi connectivity index (χ0) is 10.9. The molecular weight excluding hydrogens is 199 g/mol. The van der Waals surface area contributed by atoms with Crippen LogP contribution in [0.5, 0.6) is 0 Å². The Morgan fingerprint density at radius 1 is 1.31 bits per heavy atom. The summed E-state index contributed by atoms with van der Waals surface area (Å²) >= 11 is 0. The SMILES string of the molecule is CCCCC(O)CO.O=P(O)(O)O. The van der Waals surface area contributed by atoms with Gasteiger partial charge in [-0.15, -0.1) is 0 Å². The fourth-order valence-corrected chi connectivity index (χ4v) is 0.531. The lowest BCUT2D eigenvalue weighted by atomic mass is 10.2. The van der Waals surface area contributed by atoms with E-state index in [1.165, 1.54) is 0 Å². The molecule has 0 saturated heterocycles. The third kappa shape index (κ3) is 33.3. The second-order valence-corrected chi connectivity index (χ2v) is 3.52. The molecule has 13 heavy (non-hydrogen) atoms. The summed E-state index contributed by atoms with van der Waals surface area (Å²) in [6, 6.07) is 0. The third-order valence-electron chi connectivity index (χ3n) is 1.10. The number of hydrogen-bond donors (Lipinski definition) is 5. The molecule has 5 N–H and O–H groups in total. The van der Waals surface area contributed by atoms with Crippen LogP contribution in [0.4, 0.5) is 0 Å². The molecule has 0 amide bonds. The van der Waals surface area contributed by atoms with E-state index in [1.54, 1.807) is 0 Å². The quantitative estimate of drug-likeness (QED) is 0.408. The van der Waals surface area contributed by atoms with Crippen molar-refractivity contribution < 1.29 is 29.5 Å². The van der Waals surface area contributed by atoms with Gasteiger partial charge in [-0.05, 0) is 6.42 Å². The van der Waals surface area contributed by atoms with Crippen LogP contribution in [0, 0.1) is 0 Å². The summed E-state index contributed by atoms with van der Waals surface area (Å²) < 4.78 is 8.88. The molecule has 1 atom stereocenters. The first-order chi connectivity index (χ1) is 5.81. The molecule has 7 heteroatoms.